The summed E-state index contributed by atoms with van der Waals surface area (Å²) in [6, 6.07) is 0.847. The predicted octanol–water partition coefficient (Wildman–Crippen LogP) is 1.33. The number of nitrogens with zero attached hydrogens (tertiary/aromatic N) is 3. The molecule has 2 atom stereocenters. The van der Waals surface area contributed by atoms with Gasteiger partial charge in [0.1, 0.15) is 0 Å². The van der Waals surface area contributed by atoms with Crippen molar-refractivity contribution < 1.29 is 4.52 Å². The lowest BCUT2D eigenvalue weighted by molar-refractivity contribution is 0.124. The van der Waals surface area contributed by atoms with Gasteiger partial charge in [-0.15, -0.1) is 0 Å². The molecular weight excluding hydrogens is 216 g/mol. The van der Waals surface area contributed by atoms with E-state index in [1.165, 1.54) is 0 Å². The minimum atomic E-state index is 0.347. The standard InChI is InChI=1S/C12H22N4O/c1-3-4-11-14-12(17-15-11)8-16-6-5-10(13)7-9(16)2/h9-10H,3-8,13H2,1-2H3. The maximum Gasteiger partial charge on any atom is 0.240 e. The number of nitrogens with two attached hydrogens (primary N) is 1. The van der Waals surface area contributed by atoms with Crippen LogP contribution in [0.2, 0.25) is 0 Å². The van der Waals surface area contributed by atoms with E-state index in [9.17, 15) is 0 Å². The molecule has 17 heavy (non-hydrogen) atoms. The summed E-state index contributed by atoms with van der Waals surface area (Å²) in [5.74, 6) is 1.56. The fourth-order valence-corrected chi connectivity index (χ4v) is 2.35. The van der Waals surface area contributed by atoms with E-state index in [4.69, 9.17) is 10.3 Å². The van der Waals surface area contributed by atoms with E-state index in [0.717, 1.165) is 50.5 Å². The zero-order valence-corrected chi connectivity index (χ0v) is 10.7. The summed E-state index contributed by atoms with van der Waals surface area (Å²) in [6.45, 7) is 6.10. The van der Waals surface area contributed by atoms with Gasteiger partial charge in [0.2, 0.25) is 5.89 Å². The van der Waals surface area contributed by atoms with E-state index in [2.05, 4.69) is 28.9 Å². The number of hydrogen-bond donors (Lipinski definition) is 1. The molecule has 0 aromatic carbocycles. The van der Waals surface area contributed by atoms with Crippen LogP contribution in [0.15, 0.2) is 4.52 Å². The van der Waals surface area contributed by atoms with Crippen LogP contribution in [-0.2, 0) is 13.0 Å². The first kappa shape index (κ1) is 12.5. The van der Waals surface area contributed by atoms with Gasteiger partial charge in [-0.2, -0.15) is 4.98 Å². The van der Waals surface area contributed by atoms with E-state index >= 15 is 0 Å². The first-order chi connectivity index (χ1) is 8.19. The second kappa shape index (κ2) is 5.60. The van der Waals surface area contributed by atoms with Crippen molar-refractivity contribution in [3.63, 3.8) is 0 Å². The minimum Gasteiger partial charge on any atom is -0.338 e. The smallest absolute Gasteiger partial charge is 0.240 e. The predicted molar refractivity (Wildman–Crippen MR) is 65.4 cm³/mol. The van der Waals surface area contributed by atoms with E-state index in [1.807, 2.05) is 0 Å². The van der Waals surface area contributed by atoms with Crippen molar-refractivity contribution in [2.45, 2.75) is 58.2 Å². The number of hydrogen-bond acceptors (Lipinski definition) is 5. The Kier molecular flexibility index (Phi) is 4.12. The normalized spacial score (nSPS) is 26.3. The Morgan fingerprint density at radius 3 is 3.06 bits per heavy atom. The second-order valence-corrected chi connectivity index (χ2v) is 4.96. The van der Waals surface area contributed by atoms with Gasteiger partial charge in [0, 0.05) is 25.0 Å². The quantitative estimate of drug-likeness (QED) is 0.857. The Balaban J connectivity index is 1.91. The molecule has 0 aliphatic carbocycles. The molecule has 0 spiro atoms. The van der Waals surface area contributed by atoms with Gasteiger partial charge >= 0.3 is 0 Å². The zero-order chi connectivity index (χ0) is 12.3. The first-order valence-corrected chi connectivity index (χ1v) is 6.50. The third-order valence-electron chi connectivity index (χ3n) is 3.38. The summed E-state index contributed by atoms with van der Waals surface area (Å²) >= 11 is 0. The lowest BCUT2D eigenvalue weighted by Gasteiger charge is -2.35. The molecule has 0 bridgehead atoms. The van der Waals surface area contributed by atoms with Crippen LogP contribution >= 0.6 is 0 Å². The molecule has 1 aliphatic heterocycles. The molecule has 2 unspecified atom stereocenters. The third kappa shape index (κ3) is 3.26. The van der Waals surface area contributed by atoms with Crippen molar-refractivity contribution in [1.82, 2.24) is 15.0 Å². The van der Waals surface area contributed by atoms with Gasteiger partial charge < -0.3 is 10.3 Å². The highest BCUT2D eigenvalue weighted by Crippen LogP contribution is 2.18. The lowest BCUT2D eigenvalue weighted by Crippen LogP contribution is -2.45. The molecule has 1 aromatic heterocycles. The molecule has 1 fully saturated rings. The van der Waals surface area contributed by atoms with Crippen LogP contribution in [0.25, 0.3) is 0 Å². The van der Waals surface area contributed by atoms with Crippen LogP contribution in [0.4, 0.5) is 0 Å². The fourth-order valence-electron chi connectivity index (χ4n) is 2.35. The van der Waals surface area contributed by atoms with Crippen LogP contribution in [0.5, 0.6) is 0 Å². The largest absolute Gasteiger partial charge is 0.338 e. The average Bonchev–Trinajstić information content (AvgIpc) is 2.71. The summed E-state index contributed by atoms with van der Waals surface area (Å²) in [5.41, 5.74) is 5.95. The molecule has 5 nitrogen and oxygen atoms in total. The van der Waals surface area contributed by atoms with Gasteiger partial charge in [-0.25, -0.2) is 0 Å². The maximum atomic E-state index is 5.95. The summed E-state index contributed by atoms with van der Waals surface area (Å²) in [5, 5.41) is 3.97. The van der Waals surface area contributed by atoms with Crippen molar-refractivity contribution in [2.24, 2.45) is 5.73 Å². The van der Waals surface area contributed by atoms with E-state index < -0.39 is 0 Å². The van der Waals surface area contributed by atoms with Crippen molar-refractivity contribution in [2.75, 3.05) is 6.54 Å². The van der Waals surface area contributed by atoms with Crippen molar-refractivity contribution in [3.8, 4) is 0 Å². The number of likely N-dealkylation sites (tertiary alicyclic amines) is 1. The Bertz CT molecular complexity index is 352. The second-order valence-electron chi connectivity index (χ2n) is 4.96. The molecule has 5 heteroatoms. The van der Waals surface area contributed by atoms with Crippen LogP contribution in [0.3, 0.4) is 0 Å². The molecule has 1 saturated heterocycles. The Morgan fingerprint density at radius 1 is 1.53 bits per heavy atom. The Hall–Kier alpha value is -0.940. The Morgan fingerprint density at radius 2 is 2.35 bits per heavy atom. The van der Waals surface area contributed by atoms with Crippen LogP contribution in [0.1, 0.15) is 44.8 Å². The number of aryl methyl sites for hydroxylation is 1. The fraction of sp³-hybridized carbons (Fsp3) is 0.833. The van der Waals surface area contributed by atoms with Gasteiger partial charge in [-0.1, -0.05) is 12.1 Å². The molecule has 0 radical (unpaired) electrons. The molecule has 1 aromatic rings. The summed E-state index contributed by atoms with van der Waals surface area (Å²) in [7, 11) is 0. The van der Waals surface area contributed by atoms with E-state index in [-0.39, 0.29) is 0 Å². The zero-order valence-electron chi connectivity index (χ0n) is 10.7. The molecule has 2 N–H and O–H groups in total. The van der Waals surface area contributed by atoms with Gasteiger partial charge in [0.05, 0.1) is 6.54 Å². The lowest BCUT2D eigenvalue weighted by atomic mass is 9.99. The third-order valence-corrected chi connectivity index (χ3v) is 3.38. The topological polar surface area (TPSA) is 68.2 Å². The van der Waals surface area contributed by atoms with Gasteiger partial charge in [-0.3, -0.25) is 4.90 Å². The van der Waals surface area contributed by atoms with Crippen molar-refractivity contribution >= 4 is 0 Å². The van der Waals surface area contributed by atoms with E-state index in [0.29, 0.717) is 12.1 Å². The molecular formula is C12H22N4O. The highest BCUT2D eigenvalue weighted by atomic mass is 16.5. The summed E-state index contributed by atoms with van der Waals surface area (Å²) in [6.07, 6.45) is 4.05. The Labute approximate surface area is 102 Å². The van der Waals surface area contributed by atoms with Gasteiger partial charge in [0.15, 0.2) is 5.82 Å². The maximum absolute atomic E-state index is 5.95. The summed E-state index contributed by atoms with van der Waals surface area (Å²) < 4.78 is 5.26. The van der Waals surface area contributed by atoms with Crippen LogP contribution < -0.4 is 5.73 Å². The molecule has 96 valence electrons. The molecule has 2 rings (SSSR count). The van der Waals surface area contributed by atoms with Crippen LogP contribution in [0, 0.1) is 0 Å². The first-order valence-electron chi connectivity index (χ1n) is 6.50. The SMILES string of the molecule is CCCc1noc(CN2CCC(N)CC2C)n1. The van der Waals surface area contributed by atoms with Crippen molar-refractivity contribution in [1.29, 1.82) is 0 Å². The van der Waals surface area contributed by atoms with Gasteiger partial charge in [-0.05, 0) is 26.2 Å². The highest BCUT2D eigenvalue weighted by molar-refractivity contribution is 4.89. The number of rotatable bonds is 4. The summed E-state index contributed by atoms with van der Waals surface area (Å²) in [4.78, 5) is 6.76. The molecule has 0 saturated carbocycles. The average molecular weight is 238 g/mol. The number of aromatic nitrogens is 2. The van der Waals surface area contributed by atoms with Gasteiger partial charge in [0.25, 0.3) is 0 Å². The minimum absolute atomic E-state index is 0.347. The monoisotopic (exact) mass is 238 g/mol. The molecule has 1 aliphatic rings. The molecule has 0 amide bonds. The van der Waals surface area contributed by atoms with Crippen LogP contribution in [-0.4, -0.2) is 33.7 Å². The van der Waals surface area contributed by atoms with Crippen molar-refractivity contribution in [3.05, 3.63) is 11.7 Å². The van der Waals surface area contributed by atoms with E-state index in [1.54, 1.807) is 0 Å². The number of piperidine rings is 1. The molecule has 2 heterocycles. The highest BCUT2D eigenvalue weighted by Gasteiger charge is 2.24.